The van der Waals surface area contributed by atoms with E-state index in [0.717, 1.165) is 14.2 Å². The first kappa shape index (κ1) is 22.2. The van der Waals surface area contributed by atoms with E-state index in [0.29, 0.717) is 0 Å². The predicted molar refractivity (Wildman–Crippen MR) is 72.5 cm³/mol. The van der Waals surface area contributed by atoms with Crippen LogP contribution in [0.5, 0.6) is 0 Å². The van der Waals surface area contributed by atoms with Gasteiger partial charge >= 0.3 is 31.6 Å². The summed E-state index contributed by atoms with van der Waals surface area (Å²) in [6.07, 6.45) is -13.9. The molecular formula is C12H18F6NO5P. The van der Waals surface area contributed by atoms with Crippen LogP contribution in [-0.4, -0.2) is 55.5 Å². The van der Waals surface area contributed by atoms with Crippen molar-refractivity contribution in [1.82, 2.24) is 4.90 Å². The molecule has 1 aliphatic rings. The van der Waals surface area contributed by atoms with Gasteiger partial charge in [0.05, 0.1) is 0 Å². The van der Waals surface area contributed by atoms with Crippen LogP contribution < -0.4 is 0 Å². The van der Waals surface area contributed by atoms with Crippen LogP contribution in [0.25, 0.3) is 0 Å². The Morgan fingerprint density at radius 3 is 1.92 bits per heavy atom. The molecule has 0 radical (unpaired) electrons. The minimum absolute atomic E-state index is 0.316. The molecule has 6 nitrogen and oxygen atoms in total. The molecule has 1 unspecified atom stereocenters. The second-order valence-electron chi connectivity index (χ2n) is 5.79. The molecule has 0 aromatic rings. The molecule has 1 heterocycles. The molecule has 148 valence electrons. The van der Waals surface area contributed by atoms with Crippen LogP contribution in [0.15, 0.2) is 0 Å². The maximum atomic E-state index is 13.4. The van der Waals surface area contributed by atoms with Gasteiger partial charge in [-0.3, -0.25) is 9.36 Å². The Bertz CT molecular complexity index is 527. The van der Waals surface area contributed by atoms with E-state index in [1.54, 1.807) is 0 Å². The molecule has 1 saturated heterocycles. The quantitative estimate of drug-likeness (QED) is 0.386. The largest absolute Gasteiger partial charge is 0.453 e. The third-order valence-electron chi connectivity index (χ3n) is 3.65. The normalized spacial score (nSPS) is 22.5. The van der Waals surface area contributed by atoms with Crippen molar-refractivity contribution in [3.8, 4) is 0 Å². The number of cyclic esters (lactones) is 1. The van der Waals surface area contributed by atoms with Gasteiger partial charge in [-0.25, -0.2) is 4.90 Å². The average molecular weight is 401 g/mol. The smallest absolute Gasteiger partial charge is 0.423 e. The third-order valence-corrected chi connectivity index (χ3v) is 5.41. The first-order valence-electron chi connectivity index (χ1n) is 6.98. The van der Waals surface area contributed by atoms with Crippen molar-refractivity contribution < 1.29 is 49.5 Å². The number of carbonyl (C=O) groups excluding carboxylic acids is 1. The molecule has 0 spiro atoms. The van der Waals surface area contributed by atoms with Gasteiger partial charge in [-0.2, -0.15) is 26.3 Å². The lowest BCUT2D eigenvalue weighted by molar-refractivity contribution is -0.400. The number of hydrogen-bond donors (Lipinski definition) is 0. The summed E-state index contributed by atoms with van der Waals surface area (Å²) in [7, 11) is -2.75. The molecule has 0 amide bonds. The highest BCUT2D eigenvalue weighted by atomic mass is 31.2. The van der Waals surface area contributed by atoms with Gasteiger partial charge in [-0.05, 0) is 12.3 Å². The molecule has 1 rings (SSSR count). The molecule has 13 heteroatoms. The molecule has 0 saturated carbocycles. The number of ether oxygens (including phenoxy) is 1. The zero-order chi connectivity index (χ0) is 19.8. The van der Waals surface area contributed by atoms with Gasteiger partial charge in [0.15, 0.2) is 0 Å². The number of rotatable bonds is 6. The molecule has 1 atom stereocenters. The highest BCUT2D eigenvalue weighted by molar-refractivity contribution is 7.53. The number of hydrogen-bond acceptors (Lipinski definition) is 6. The molecule has 0 aliphatic carbocycles. The molecule has 1 aliphatic heterocycles. The van der Waals surface area contributed by atoms with Crippen molar-refractivity contribution in [2.45, 2.75) is 44.4 Å². The first-order chi connectivity index (χ1) is 11.1. The SMILES string of the molecule is COP(=O)(CN1C(CC(C)C)C(=O)OC1(C(F)(F)F)C(F)(F)F)OC. The van der Waals surface area contributed by atoms with Gasteiger partial charge < -0.3 is 13.8 Å². The minimum atomic E-state index is -6.03. The van der Waals surface area contributed by atoms with E-state index in [2.05, 4.69) is 13.8 Å². The van der Waals surface area contributed by atoms with Crippen molar-refractivity contribution >= 4 is 13.6 Å². The topological polar surface area (TPSA) is 65.1 Å². The Balaban J connectivity index is 3.57. The number of esters is 1. The summed E-state index contributed by atoms with van der Waals surface area (Å²) in [6, 6.07) is -1.91. The van der Waals surface area contributed by atoms with Crippen molar-refractivity contribution in [3.63, 3.8) is 0 Å². The summed E-state index contributed by atoms with van der Waals surface area (Å²) in [5, 5.41) is 0. The molecule has 1 fully saturated rings. The Hall–Kier alpha value is -0.840. The van der Waals surface area contributed by atoms with Crippen LogP contribution in [0.4, 0.5) is 26.3 Å². The third kappa shape index (κ3) is 3.96. The average Bonchev–Trinajstić information content (AvgIpc) is 2.72. The van der Waals surface area contributed by atoms with E-state index < -0.39 is 49.9 Å². The maximum Gasteiger partial charge on any atom is 0.453 e. The summed E-state index contributed by atoms with van der Waals surface area (Å²) in [5.41, 5.74) is -4.93. The highest BCUT2D eigenvalue weighted by Crippen LogP contribution is 2.57. The number of nitrogens with zero attached hydrogens (tertiary/aromatic N) is 1. The number of halogens is 6. The number of carbonyl (C=O) groups is 1. The van der Waals surface area contributed by atoms with Gasteiger partial charge in [-0.1, -0.05) is 13.8 Å². The summed E-state index contributed by atoms with van der Waals surface area (Å²) in [6.45, 7) is 3.00. The molecule has 0 aromatic heterocycles. The van der Waals surface area contributed by atoms with E-state index in [1.165, 1.54) is 13.8 Å². The van der Waals surface area contributed by atoms with E-state index in [9.17, 15) is 35.7 Å². The lowest BCUT2D eigenvalue weighted by Gasteiger charge is -2.40. The van der Waals surface area contributed by atoms with Crippen molar-refractivity contribution in [2.24, 2.45) is 5.92 Å². The van der Waals surface area contributed by atoms with Gasteiger partial charge in [0.2, 0.25) is 0 Å². The predicted octanol–water partition coefficient (Wildman–Crippen LogP) is 3.52. The summed E-state index contributed by atoms with van der Waals surface area (Å²) in [5.74, 6) is -2.15. The van der Waals surface area contributed by atoms with E-state index in [1.807, 2.05) is 0 Å². The standard InChI is InChI=1S/C12H18F6NO5P/c1-7(2)5-8-9(20)24-10(11(13,14)15,12(16,17)18)19(8)6-25(21,22-3)23-4/h7-8H,5-6H2,1-4H3. The van der Waals surface area contributed by atoms with Crippen molar-refractivity contribution in [3.05, 3.63) is 0 Å². The van der Waals surface area contributed by atoms with Crippen molar-refractivity contribution in [1.29, 1.82) is 0 Å². The highest BCUT2D eigenvalue weighted by Gasteiger charge is 2.82. The Kier molecular flexibility index (Phi) is 6.26. The molecule has 0 bridgehead atoms. The Labute approximate surface area is 139 Å². The lowest BCUT2D eigenvalue weighted by Crippen LogP contribution is -2.66. The fourth-order valence-corrected chi connectivity index (χ4v) is 3.62. The van der Waals surface area contributed by atoms with Crippen LogP contribution in [0.2, 0.25) is 0 Å². The van der Waals surface area contributed by atoms with Gasteiger partial charge in [-0.15, -0.1) is 0 Å². The summed E-state index contributed by atoms with van der Waals surface area (Å²) < 4.78 is 105. The van der Waals surface area contributed by atoms with E-state index >= 15 is 0 Å². The molecule has 0 aromatic carbocycles. The van der Waals surface area contributed by atoms with Crippen molar-refractivity contribution in [2.75, 3.05) is 20.5 Å². The second kappa shape index (κ2) is 7.05. The van der Waals surface area contributed by atoms with Crippen LogP contribution in [0.3, 0.4) is 0 Å². The van der Waals surface area contributed by atoms with Crippen LogP contribution >= 0.6 is 7.60 Å². The molecular weight excluding hydrogens is 383 g/mol. The van der Waals surface area contributed by atoms with E-state index in [-0.39, 0.29) is 11.3 Å². The maximum absolute atomic E-state index is 13.4. The molecule has 0 N–H and O–H groups in total. The fraction of sp³-hybridized carbons (Fsp3) is 0.917. The van der Waals surface area contributed by atoms with Crippen LogP contribution in [-0.2, 0) is 23.1 Å². The summed E-state index contributed by atoms with van der Waals surface area (Å²) in [4.78, 5) is 11.5. The van der Waals surface area contributed by atoms with Gasteiger partial charge in [0, 0.05) is 14.2 Å². The monoisotopic (exact) mass is 401 g/mol. The van der Waals surface area contributed by atoms with Gasteiger partial charge in [0.25, 0.3) is 0 Å². The van der Waals surface area contributed by atoms with Crippen LogP contribution in [0, 0.1) is 5.92 Å². The summed E-state index contributed by atoms with van der Waals surface area (Å²) >= 11 is 0. The lowest BCUT2D eigenvalue weighted by atomic mass is 10.0. The van der Waals surface area contributed by atoms with E-state index in [4.69, 9.17) is 0 Å². The second-order valence-corrected chi connectivity index (χ2v) is 8.03. The molecule has 25 heavy (non-hydrogen) atoms. The first-order valence-corrected chi connectivity index (χ1v) is 8.71. The zero-order valence-corrected chi connectivity index (χ0v) is 14.7. The minimum Gasteiger partial charge on any atom is -0.423 e. The Morgan fingerprint density at radius 2 is 1.60 bits per heavy atom. The van der Waals surface area contributed by atoms with Crippen LogP contribution in [0.1, 0.15) is 20.3 Å². The fourth-order valence-electron chi connectivity index (χ4n) is 2.47. The van der Waals surface area contributed by atoms with Gasteiger partial charge in [0.1, 0.15) is 12.3 Å². The number of alkyl halides is 6. The zero-order valence-electron chi connectivity index (χ0n) is 13.8. The Morgan fingerprint density at radius 1 is 1.16 bits per heavy atom.